The Hall–Kier alpha value is -1.51. The molecule has 134 valence electrons. The van der Waals surface area contributed by atoms with Crippen molar-refractivity contribution in [3.8, 4) is 0 Å². The number of carbonyl (C=O) groups is 1. The lowest BCUT2D eigenvalue weighted by Gasteiger charge is -2.16. The molecule has 2 rings (SSSR count). The summed E-state index contributed by atoms with van der Waals surface area (Å²) in [6.07, 6.45) is 1.82. The van der Waals surface area contributed by atoms with Gasteiger partial charge >= 0.3 is 0 Å². The van der Waals surface area contributed by atoms with Gasteiger partial charge < -0.3 is 10.2 Å². The van der Waals surface area contributed by atoms with Crippen molar-refractivity contribution in [3.63, 3.8) is 0 Å². The Morgan fingerprint density at radius 3 is 2.58 bits per heavy atom. The highest BCUT2D eigenvalue weighted by Gasteiger charge is 2.24. The fraction of sp³-hybridized carbons (Fsp3) is 0.562. The standard InChI is InChI=1S/C16H24FN3O3S/c1-3-18-12(2)11-19-24(22,23)13-6-7-14(15(17)10-13)16(21)20-8-4-5-9-20/h6-7,10,12,18-19H,3-5,8-9,11H2,1-2H3/t12-/m1/s1. The van der Waals surface area contributed by atoms with Gasteiger partial charge in [0.25, 0.3) is 5.91 Å². The van der Waals surface area contributed by atoms with Crippen LogP contribution in [0.15, 0.2) is 23.1 Å². The molecule has 6 nitrogen and oxygen atoms in total. The summed E-state index contributed by atoms with van der Waals surface area (Å²) in [5.74, 6) is -1.20. The van der Waals surface area contributed by atoms with Crippen molar-refractivity contribution < 1.29 is 17.6 Å². The smallest absolute Gasteiger partial charge is 0.256 e. The summed E-state index contributed by atoms with van der Waals surface area (Å²) < 4.78 is 41.1. The second kappa shape index (κ2) is 8.04. The van der Waals surface area contributed by atoms with E-state index in [-0.39, 0.29) is 29.0 Å². The molecule has 2 N–H and O–H groups in total. The number of nitrogens with one attached hydrogen (secondary N) is 2. The Labute approximate surface area is 142 Å². The fourth-order valence-corrected chi connectivity index (χ4v) is 3.81. The van der Waals surface area contributed by atoms with Crippen LogP contribution in [0.25, 0.3) is 0 Å². The van der Waals surface area contributed by atoms with Crippen LogP contribution >= 0.6 is 0 Å². The lowest BCUT2D eigenvalue weighted by molar-refractivity contribution is 0.0788. The quantitative estimate of drug-likeness (QED) is 0.772. The monoisotopic (exact) mass is 357 g/mol. The number of likely N-dealkylation sites (tertiary alicyclic amines) is 1. The molecule has 1 fully saturated rings. The molecule has 1 saturated heterocycles. The van der Waals surface area contributed by atoms with E-state index in [1.807, 2.05) is 13.8 Å². The molecule has 0 aliphatic carbocycles. The summed E-state index contributed by atoms with van der Waals surface area (Å²) in [7, 11) is -3.81. The first-order valence-corrected chi connectivity index (χ1v) is 9.65. The maximum Gasteiger partial charge on any atom is 0.256 e. The van der Waals surface area contributed by atoms with Crippen molar-refractivity contribution >= 4 is 15.9 Å². The van der Waals surface area contributed by atoms with Crippen molar-refractivity contribution in [1.29, 1.82) is 0 Å². The first kappa shape index (κ1) is 18.8. The van der Waals surface area contributed by atoms with Crippen LogP contribution in [0.3, 0.4) is 0 Å². The number of carbonyl (C=O) groups excluding carboxylic acids is 1. The summed E-state index contributed by atoms with van der Waals surface area (Å²) in [5, 5.41) is 3.08. The van der Waals surface area contributed by atoms with E-state index in [4.69, 9.17) is 0 Å². The van der Waals surface area contributed by atoms with Crippen molar-refractivity contribution in [1.82, 2.24) is 14.9 Å². The summed E-state index contributed by atoms with van der Waals surface area (Å²) >= 11 is 0. The van der Waals surface area contributed by atoms with Crippen LogP contribution in [0, 0.1) is 5.82 Å². The molecule has 1 aromatic carbocycles. The molecule has 0 unspecified atom stereocenters. The van der Waals surface area contributed by atoms with Gasteiger partial charge in [0, 0.05) is 25.7 Å². The summed E-state index contributed by atoms with van der Waals surface area (Å²) in [6, 6.07) is 3.39. The largest absolute Gasteiger partial charge is 0.339 e. The van der Waals surface area contributed by atoms with Gasteiger partial charge in [-0.1, -0.05) is 6.92 Å². The van der Waals surface area contributed by atoms with E-state index >= 15 is 0 Å². The zero-order chi connectivity index (χ0) is 17.7. The maximum atomic E-state index is 14.3. The van der Waals surface area contributed by atoms with Crippen molar-refractivity contribution in [2.24, 2.45) is 0 Å². The van der Waals surface area contributed by atoms with Gasteiger partial charge in [0.15, 0.2) is 0 Å². The van der Waals surface area contributed by atoms with Gasteiger partial charge in [-0.25, -0.2) is 17.5 Å². The first-order chi connectivity index (χ1) is 11.3. The number of likely N-dealkylation sites (N-methyl/N-ethyl adjacent to an activating group) is 1. The lowest BCUT2D eigenvalue weighted by atomic mass is 10.2. The van der Waals surface area contributed by atoms with Gasteiger partial charge in [-0.3, -0.25) is 4.79 Å². The van der Waals surface area contributed by atoms with Gasteiger partial charge in [0.1, 0.15) is 5.82 Å². The Morgan fingerprint density at radius 2 is 2.00 bits per heavy atom. The number of sulfonamides is 1. The zero-order valence-electron chi connectivity index (χ0n) is 14.0. The van der Waals surface area contributed by atoms with Crippen LogP contribution in [0.1, 0.15) is 37.0 Å². The molecule has 24 heavy (non-hydrogen) atoms. The van der Waals surface area contributed by atoms with Crippen LogP contribution in [-0.2, 0) is 10.0 Å². The molecule has 8 heteroatoms. The van der Waals surface area contributed by atoms with Crippen LogP contribution in [0.5, 0.6) is 0 Å². The molecule has 1 heterocycles. The number of rotatable bonds is 7. The molecule has 1 amide bonds. The van der Waals surface area contributed by atoms with E-state index in [9.17, 15) is 17.6 Å². The van der Waals surface area contributed by atoms with Crippen LogP contribution < -0.4 is 10.0 Å². The summed E-state index contributed by atoms with van der Waals surface area (Å²) in [6.45, 7) is 5.93. The minimum absolute atomic E-state index is 0.0364. The molecule has 0 bridgehead atoms. The molecule has 1 aliphatic heterocycles. The average molecular weight is 357 g/mol. The third-order valence-corrected chi connectivity index (χ3v) is 5.43. The van der Waals surface area contributed by atoms with Crippen LogP contribution in [-0.4, -0.2) is 51.4 Å². The second-order valence-electron chi connectivity index (χ2n) is 5.95. The predicted molar refractivity (Wildman–Crippen MR) is 89.9 cm³/mol. The maximum absolute atomic E-state index is 14.3. The molecule has 0 spiro atoms. The molecule has 0 saturated carbocycles. The minimum atomic E-state index is -3.81. The highest BCUT2D eigenvalue weighted by atomic mass is 32.2. The van der Waals surface area contributed by atoms with Crippen LogP contribution in [0.4, 0.5) is 4.39 Å². The first-order valence-electron chi connectivity index (χ1n) is 8.17. The summed E-state index contributed by atoms with van der Waals surface area (Å²) in [4.78, 5) is 13.6. The second-order valence-corrected chi connectivity index (χ2v) is 7.72. The van der Waals surface area contributed by atoms with E-state index in [0.29, 0.717) is 13.1 Å². The number of amides is 1. The highest BCUT2D eigenvalue weighted by molar-refractivity contribution is 7.89. The molecule has 1 aromatic rings. The van der Waals surface area contributed by atoms with Gasteiger partial charge in [-0.2, -0.15) is 0 Å². The van der Waals surface area contributed by atoms with E-state index in [1.54, 1.807) is 4.90 Å². The Kier molecular flexibility index (Phi) is 6.31. The Balaban J connectivity index is 2.11. The third-order valence-electron chi connectivity index (χ3n) is 4.01. The Morgan fingerprint density at radius 1 is 1.33 bits per heavy atom. The predicted octanol–water partition coefficient (Wildman–Crippen LogP) is 1.34. The average Bonchev–Trinajstić information content (AvgIpc) is 3.07. The fourth-order valence-electron chi connectivity index (χ4n) is 2.67. The van der Waals surface area contributed by atoms with Crippen LogP contribution in [0.2, 0.25) is 0 Å². The number of benzene rings is 1. The van der Waals surface area contributed by atoms with E-state index in [1.165, 1.54) is 12.1 Å². The zero-order valence-corrected chi connectivity index (χ0v) is 14.8. The van der Waals surface area contributed by atoms with Gasteiger partial charge in [-0.15, -0.1) is 0 Å². The normalized spacial score (nSPS) is 16.4. The Bertz CT molecular complexity index is 688. The number of hydrogen-bond donors (Lipinski definition) is 2. The van der Waals surface area contributed by atoms with Gasteiger partial charge in [-0.05, 0) is 44.5 Å². The van der Waals surface area contributed by atoms with E-state index in [2.05, 4.69) is 10.0 Å². The molecule has 1 atom stereocenters. The minimum Gasteiger partial charge on any atom is -0.339 e. The molecule has 0 aromatic heterocycles. The molecular formula is C16H24FN3O3S. The molecular weight excluding hydrogens is 333 g/mol. The number of hydrogen-bond acceptors (Lipinski definition) is 4. The SMILES string of the molecule is CCN[C@H](C)CNS(=O)(=O)c1ccc(C(=O)N2CCCC2)c(F)c1. The lowest BCUT2D eigenvalue weighted by Crippen LogP contribution is -2.38. The van der Waals surface area contributed by atoms with E-state index in [0.717, 1.165) is 25.5 Å². The number of halogens is 1. The molecule has 1 aliphatic rings. The molecule has 0 radical (unpaired) electrons. The van der Waals surface area contributed by atoms with Gasteiger partial charge in [0.05, 0.1) is 10.5 Å². The number of nitrogens with zero attached hydrogens (tertiary/aromatic N) is 1. The van der Waals surface area contributed by atoms with Crippen molar-refractivity contribution in [3.05, 3.63) is 29.6 Å². The topological polar surface area (TPSA) is 78.5 Å². The van der Waals surface area contributed by atoms with E-state index < -0.39 is 15.8 Å². The third kappa shape index (κ3) is 4.52. The highest BCUT2D eigenvalue weighted by Crippen LogP contribution is 2.19. The van der Waals surface area contributed by atoms with Crippen molar-refractivity contribution in [2.45, 2.75) is 37.6 Å². The van der Waals surface area contributed by atoms with Crippen molar-refractivity contribution in [2.75, 3.05) is 26.2 Å². The summed E-state index contributed by atoms with van der Waals surface area (Å²) in [5.41, 5.74) is -0.0862. The van der Waals surface area contributed by atoms with Gasteiger partial charge in [0.2, 0.25) is 10.0 Å².